The molecule has 0 unspecified atom stereocenters. The summed E-state index contributed by atoms with van der Waals surface area (Å²) >= 11 is 0. The van der Waals surface area contributed by atoms with Gasteiger partial charge in [0.15, 0.2) is 0 Å². The molecular weight excluding hydrogens is 2250 g/mol. The first-order chi connectivity index (χ1) is 49.7. The molecule has 0 aliphatic rings. The molecule has 0 amide bonds. The summed E-state index contributed by atoms with van der Waals surface area (Å²) in [6, 6.07) is 175. The van der Waals surface area contributed by atoms with Gasteiger partial charge in [0.1, 0.15) is 114 Å². The second-order valence-electron chi connectivity index (χ2n) is 24.1. The Hall–Kier alpha value is -8.67. The van der Waals surface area contributed by atoms with Crippen LogP contribution in [0.2, 0.25) is 0 Å². The smallest absolute Gasteiger partial charge is 0.144 e. The zero-order valence-electron chi connectivity index (χ0n) is 63.2. The van der Waals surface area contributed by atoms with E-state index in [0.29, 0.717) is 0 Å². The Morgan fingerprint density at radius 3 is 0.161 bits per heavy atom. The van der Waals surface area contributed by atoms with Crippen LogP contribution >= 0.6 is 29.0 Å². The molecule has 0 N–H and O–H groups in total. The summed E-state index contributed by atoms with van der Waals surface area (Å²) in [5, 5.41) is 22.2. The minimum atomic E-state index is -1.91. The summed E-state index contributed by atoms with van der Waals surface area (Å²) in [5.41, 5.74) is 0. The SMILES string of the molecule is [O-2].[O-2].[O-2].[O-2].[O-2].[O-2].[O-2].[O-2].[O-2].[O-2].[O-2].[O-2].[O-2].[O-2].[Re].[Re].[Re].[Re].c1ccc([P+](c2ccccc2)(c2ccccc2)c2ccccc2)cc1.c1ccc([P+](c2ccccc2)(c2ccccc2)c2ccccc2)cc1.c1ccc([P+](c2ccccc2)(c2ccccc2)c2ccccc2)cc1.c1ccc([P+](c2ccccc2)(c2ccccc2)c2ccccc2)cc1. The maximum absolute atomic E-state index is 2.28. The molecule has 4 radical (unpaired) electrons. The van der Waals surface area contributed by atoms with E-state index in [1.165, 1.54) is 84.9 Å². The maximum Gasteiger partial charge on any atom is 0.144 e. The van der Waals surface area contributed by atoms with Crippen molar-refractivity contribution in [3.63, 3.8) is 0 Å². The molecule has 0 saturated carbocycles. The van der Waals surface area contributed by atoms with Crippen LogP contribution in [-0.4, -0.2) is 0 Å². The van der Waals surface area contributed by atoms with E-state index < -0.39 is 29.0 Å². The molecule has 16 aromatic carbocycles. The summed E-state index contributed by atoms with van der Waals surface area (Å²) in [7, 11) is -7.62. The van der Waals surface area contributed by atoms with Gasteiger partial charge < -0.3 is 76.7 Å². The predicted octanol–water partition coefficient (Wildman–Crippen LogP) is 15.6. The Morgan fingerprint density at radius 1 is 0.0763 bits per heavy atom. The average Bonchev–Trinajstić information content (AvgIpc) is 0.760. The third-order valence-electron chi connectivity index (χ3n) is 18.3. The fourth-order valence-corrected chi connectivity index (χ4v) is 31.1. The second-order valence-corrected chi connectivity index (χ2v) is 37.7. The molecule has 16 aromatic rings. The summed E-state index contributed by atoms with van der Waals surface area (Å²) in [6.07, 6.45) is 0. The molecule has 0 atom stereocenters. The van der Waals surface area contributed by atoms with E-state index in [1.807, 2.05) is 0 Å². The van der Waals surface area contributed by atoms with Crippen molar-refractivity contribution >= 4 is 114 Å². The first-order valence-corrected chi connectivity index (χ1v) is 41.3. The van der Waals surface area contributed by atoms with Gasteiger partial charge >= 0.3 is 0 Å². The molecule has 0 bridgehead atoms. The van der Waals surface area contributed by atoms with Crippen LogP contribution in [0.25, 0.3) is 0 Å². The van der Waals surface area contributed by atoms with E-state index in [-0.39, 0.29) is 158 Å². The van der Waals surface area contributed by atoms with E-state index in [1.54, 1.807) is 0 Å². The molecule has 0 aromatic heterocycles. The Morgan fingerprint density at radius 2 is 0.119 bits per heavy atom. The van der Waals surface area contributed by atoms with Crippen molar-refractivity contribution < 1.29 is 158 Å². The first kappa shape index (κ1) is 120. The molecule has 620 valence electrons. The van der Waals surface area contributed by atoms with Crippen molar-refractivity contribution in [3.8, 4) is 0 Å². The topological polar surface area (TPSA) is 399 Å². The number of hydrogen-bond donors (Lipinski definition) is 0. The number of hydrogen-bond acceptors (Lipinski definition) is 0. The average molecular weight is 2330 g/mol. The predicted molar refractivity (Wildman–Crippen MR) is 455 cm³/mol. The zero-order valence-corrected chi connectivity index (χ0v) is 77.6. The van der Waals surface area contributed by atoms with Crippen LogP contribution in [0.1, 0.15) is 0 Å². The molecule has 0 saturated heterocycles. The van der Waals surface area contributed by atoms with Crippen molar-refractivity contribution in [2.24, 2.45) is 0 Å². The van der Waals surface area contributed by atoms with Gasteiger partial charge in [0.2, 0.25) is 0 Å². The second kappa shape index (κ2) is 60.7. The first-order valence-electron chi connectivity index (χ1n) is 34.1. The monoisotopic (exact) mass is 2330 g/mol. The number of rotatable bonds is 16. The van der Waals surface area contributed by atoms with Crippen LogP contribution in [0.3, 0.4) is 0 Å². The Balaban J connectivity index is -0.000000337. The van der Waals surface area contributed by atoms with Gasteiger partial charge in [-0.1, -0.05) is 291 Å². The van der Waals surface area contributed by atoms with Gasteiger partial charge in [0.05, 0.1) is 0 Å². The van der Waals surface area contributed by atoms with Gasteiger partial charge in [-0.15, -0.1) is 0 Å². The minimum absolute atomic E-state index is 0. The quantitative estimate of drug-likeness (QED) is 0.0814. The van der Waals surface area contributed by atoms with Crippen LogP contribution in [0.4, 0.5) is 0 Å². The van der Waals surface area contributed by atoms with Crippen LogP contribution in [-0.2, 0) is 158 Å². The van der Waals surface area contributed by atoms with Crippen molar-refractivity contribution in [1.82, 2.24) is 0 Å². The Bertz CT molecular complexity index is 3750. The zero-order chi connectivity index (χ0) is 67.8. The molecule has 22 heteroatoms. The van der Waals surface area contributed by atoms with Crippen LogP contribution in [0.5, 0.6) is 0 Å². The third kappa shape index (κ3) is 26.2. The maximum atomic E-state index is 2.28. The third-order valence-corrected chi connectivity index (χ3v) is 35.5. The van der Waals surface area contributed by atoms with Gasteiger partial charge in [0.25, 0.3) is 0 Å². The molecule has 118 heavy (non-hydrogen) atoms. The molecule has 0 spiro atoms. The standard InChI is InChI=1S/4C24H20P.14O.4Re/c4*1-5-13-21(14-6-1)25(22-15-7-2-8-16-22,23-17-9-3-10-18-23)24-19-11-4-12-20-24;;;;;;;;;;;;;;;;;;/h4*1-20H;;;;;;;;;;;;;;;;;;/q4*+1;14*-2;;;;. The molecule has 0 heterocycles. The van der Waals surface area contributed by atoms with Crippen molar-refractivity contribution in [1.29, 1.82) is 0 Å². The van der Waals surface area contributed by atoms with Crippen molar-refractivity contribution in [3.05, 3.63) is 485 Å². The molecule has 0 fully saturated rings. The largest absolute Gasteiger partial charge is 2.00 e. The fraction of sp³-hybridized carbons (Fsp3) is 0. The summed E-state index contributed by atoms with van der Waals surface area (Å²) in [5.74, 6) is 0. The van der Waals surface area contributed by atoms with E-state index in [2.05, 4.69) is 485 Å². The van der Waals surface area contributed by atoms with Crippen LogP contribution < -0.4 is 84.9 Å². The molecule has 0 aliphatic carbocycles. The fourth-order valence-electron chi connectivity index (χ4n) is 14.0. The molecular formula is C96H80O14P4Re4-24. The Labute approximate surface area is 750 Å². The van der Waals surface area contributed by atoms with E-state index in [9.17, 15) is 0 Å². The van der Waals surface area contributed by atoms with E-state index in [0.717, 1.165) is 0 Å². The number of benzene rings is 16. The van der Waals surface area contributed by atoms with Gasteiger partial charge in [-0.2, -0.15) is 0 Å². The minimum Gasteiger partial charge on any atom is -2.00 e. The van der Waals surface area contributed by atoms with E-state index in [4.69, 9.17) is 0 Å². The van der Waals surface area contributed by atoms with E-state index >= 15 is 0 Å². The van der Waals surface area contributed by atoms with Crippen molar-refractivity contribution in [2.45, 2.75) is 0 Å². The van der Waals surface area contributed by atoms with Gasteiger partial charge in [-0.25, -0.2) is 0 Å². The van der Waals surface area contributed by atoms with Crippen molar-refractivity contribution in [2.75, 3.05) is 0 Å². The normalized spacial score (nSPS) is 9.49. The molecule has 14 nitrogen and oxygen atoms in total. The molecule has 16 rings (SSSR count). The van der Waals surface area contributed by atoms with Gasteiger partial charge in [-0.05, 0) is 194 Å². The Kier molecular flexibility index (Phi) is 61.9. The van der Waals surface area contributed by atoms with Gasteiger partial charge in [-0.3, -0.25) is 0 Å². The summed E-state index contributed by atoms with van der Waals surface area (Å²) < 4.78 is 0. The van der Waals surface area contributed by atoms with Crippen LogP contribution in [0, 0.1) is 0 Å². The summed E-state index contributed by atoms with van der Waals surface area (Å²) in [4.78, 5) is 0. The summed E-state index contributed by atoms with van der Waals surface area (Å²) in [6.45, 7) is 0. The van der Waals surface area contributed by atoms with Gasteiger partial charge in [0, 0.05) is 81.7 Å². The van der Waals surface area contributed by atoms with Crippen LogP contribution in [0.15, 0.2) is 485 Å². The molecule has 0 aliphatic heterocycles.